The van der Waals surface area contributed by atoms with Gasteiger partial charge in [0.1, 0.15) is 5.75 Å². The smallest absolute Gasteiger partial charge is 0.306 e. The molecule has 0 bridgehead atoms. The van der Waals surface area contributed by atoms with Crippen molar-refractivity contribution in [2.24, 2.45) is 0 Å². The van der Waals surface area contributed by atoms with Crippen molar-refractivity contribution in [2.75, 3.05) is 39.9 Å². The van der Waals surface area contributed by atoms with Crippen LogP contribution in [0, 0.1) is 0 Å². The van der Waals surface area contributed by atoms with Gasteiger partial charge in [-0.25, -0.2) is 0 Å². The second kappa shape index (κ2) is 7.66. The molecule has 0 aromatic heterocycles. The fourth-order valence-electron chi connectivity index (χ4n) is 3.45. The molecule has 3 rings (SSSR count). The van der Waals surface area contributed by atoms with Gasteiger partial charge in [-0.1, -0.05) is 18.2 Å². The second-order valence-corrected chi connectivity index (χ2v) is 6.18. The highest BCUT2D eigenvalue weighted by Crippen LogP contribution is 2.36. The molecule has 130 valence electrons. The molecule has 1 aromatic rings. The maximum atomic E-state index is 12.2. The minimum atomic E-state index is -0.333. The Morgan fingerprint density at radius 2 is 1.92 bits per heavy atom. The summed E-state index contributed by atoms with van der Waals surface area (Å²) >= 11 is 0. The number of amides is 1. The summed E-state index contributed by atoms with van der Waals surface area (Å²) in [7, 11) is 1.34. The minimum absolute atomic E-state index is 0.0347. The zero-order valence-corrected chi connectivity index (χ0v) is 14.1. The van der Waals surface area contributed by atoms with Crippen LogP contribution in [-0.2, 0) is 14.3 Å². The molecule has 6 heteroatoms. The van der Waals surface area contributed by atoms with Crippen molar-refractivity contribution in [2.45, 2.75) is 25.3 Å². The van der Waals surface area contributed by atoms with E-state index in [1.165, 1.54) is 12.7 Å². The van der Waals surface area contributed by atoms with E-state index in [0.29, 0.717) is 19.1 Å². The summed E-state index contributed by atoms with van der Waals surface area (Å²) in [6.07, 6.45) is 1.36. The van der Waals surface area contributed by atoms with E-state index in [1.807, 2.05) is 23.1 Å². The summed E-state index contributed by atoms with van der Waals surface area (Å²) in [5.74, 6) is 0.679. The Balaban J connectivity index is 1.54. The van der Waals surface area contributed by atoms with Gasteiger partial charge in [0, 0.05) is 50.6 Å². The highest BCUT2D eigenvalue weighted by molar-refractivity contribution is 5.81. The molecular weight excluding hydrogens is 308 g/mol. The number of ether oxygens (including phenoxy) is 2. The lowest BCUT2D eigenvalue weighted by molar-refractivity contribution is -0.144. The highest BCUT2D eigenvalue weighted by Gasteiger charge is 2.30. The molecule has 1 aromatic carbocycles. The third kappa shape index (κ3) is 3.70. The van der Waals surface area contributed by atoms with Crippen molar-refractivity contribution in [1.29, 1.82) is 0 Å². The van der Waals surface area contributed by atoms with Crippen LogP contribution in [0.3, 0.4) is 0 Å². The molecule has 0 N–H and O–H groups in total. The molecule has 6 nitrogen and oxygen atoms in total. The summed E-state index contributed by atoms with van der Waals surface area (Å²) in [4.78, 5) is 27.6. The van der Waals surface area contributed by atoms with E-state index in [1.54, 1.807) is 0 Å². The number of rotatable bonds is 4. The number of nitrogens with zero attached hydrogens (tertiary/aromatic N) is 2. The Bertz CT molecular complexity index is 596. The van der Waals surface area contributed by atoms with E-state index in [4.69, 9.17) is 4.74 Å². The monoisotopic (exact) mass is 332 g/mol. The predicted octanol–water partition coefficient (Wildman–Crippen LogP) is 1.61. The maximum absolute atomic E-state index is 12.2. The van der Waals surface area contributed by atoms with Gasteiger partial charge in [0.25, 0.3) is 0 Å². The molecule has 0 spiro atoms. The Morgan fingerprint density at radius 3 is 2.67 bits per heavy atom. The number of para-hydroxylation sites is 1. The van der Waals surface area contributed by atoms with Crippen LogP contribution in [0.1, 0.15) is 30.9 Å². The summed E-state index contributed by atoms with van der Waals surface area (Å²) in [6.45, 7) is 3.85. The number of benzene rings is 1. The minimum Gasteiger partial charge on any atom is -0.493 e. The predicted molar refractivity (Wildman–Crippen MR) is 88.7 cm³/mol. The quantitative estimate of drug-likeness (QED) is 0.784. The standard InChI is InChI=1S/C18H24N2O4/c1-23-18(22)7-6-17(21)20-11-9-19(10-12-20)15-8-13-24-16-5-3-2-4-14(15)16/h2-5,15H,6-13H2,1H3. The number of piperazine rings is 1. The van der Waals surface area contributed by atoms with Gasteiger partial charge in [0.05, 0.1) is 20.1 Å². The lowest BCUT2D eigenvalue weighted by Crippen LogP contribution is -2.50. The Morgan fingerprint density at radius 1 is 1.17 bits per heavy atom. The number of methoxy groups -OCH3 is 1. The zero-order chi connectivity index (χ0) is 16.9. The van der Waals surface area contributed by atoms with E-state index in [9.17, 15) is 9.59 Å². The average Bonchev–Trinajstić information content (AvgIpc) is 2.65. The molecule has 2 heterocycles. The number of fused-ring (bicyclic) bond motifs is 1. The lowest BCUT2D eigenvalue weighted by atomic mass is 9.98. The molecule has 24 heavy (non-hydrogen) atoms. The lowest BCUT2D eigenvalue weighted by Gasteiger charge is -2.41. The summed E-state index contributed by atoms with van der Waals surface area (Å²) < 4.78 is 10.3. The van der Waals surface area contributed by atoms with Gasteiger partial charge in [-0.05, 0) is 6.07 Å². The Kier molecular flexibility index (Phi) is 5.35. The van der Waals surface area contributed by atoms with Crippen molar-refractivity contribution >= 4 is 11.9 Å². The first-order valence-corrected chi connectivity index (χ1v) is 8.49. The molecule has 1 fully saturated rings. The first-order chi connectivity index (χ1) is 11.7. The number of hydrogen-bond donors (Lipinski definition) is 0. The van der Waals surface area contributed by atoms with Gasteiger partial charge in [-0.3, -0.25) is 14.5 Å². The van der Waals surface area contributed by atoms with Crippen LogP contribution in [0.2, 0.25) is 0 Å². The van der Waals surface area contributed by atoms with E-state index in [-0.39, 0.29) is 24.7 Å². The molecule has 0 saturated carbocycles. The molecule has 0 aliphatic carbocycles. The van der Waals surface area contributed by atoms with Crippen molar-refractivity contribution in [1.82, 2.24) is 9.80 Å². The molecule has 1 unspecified atom stereocenters. The van der Waals surface area contributed by atoms with Crippen LogP contribution in [0.25, 0.3) is 0 Å². The Labute approximate surface area is 142 Å². The molecular formula is C18H24N2O4. The molecule has 1 saturated heterocycles. The molecule has 2 aliphatic rings. The van der Waals surface area contributed by atoms with Crippen molar-refractivity contribution < 1.29 is 19.1 Å². The van der Waals surface area contributed by atoms with Gasteiger partial charge in [-0.15, -0.1) is 0 Å². The van der Waals surface area contributed by atoms with Gasteiger partial charge in [0.2, 0.25) is 5.91 Å². The van der Waals surface area contributed by atoms with Gasteiger partial charge < -0.3 is 14.4 Å². The SMILES string of the molecule is COC(=O)CCC(=O)N1CCN(C2CCOc3ccccc32)CC1. The molecule has 1 atom stereocenters. The fourth-order valence-corrected chi connectivity index (χ4v) is 3.45. The summed E-state index contributed by atoms with van der Waals surface area (Å²) in [5.41, 5.74) is 1.24. The summed E-state index contributed by atoms with van der Waals surface area (Å²) in [5, 5.41) is 0. The number of esters is 1. The van der Waals surface area contributed by atoms with Gasteiger partial charge >= 0.3 is 5.97 Å². The Hall–Kier alpha value is -2.08. The third-order valence-corrected chi connectivity index (χ3v) is 4.81. The van der Waals surface area contributed by atoms with Crippen molar-refractivity contribution in [3.05, 3.63) is 29.8 Å². The number of hydrogen-bond acceptors (Lipinski definition) is 5. The van der Waals surface area contributed by atoms with Crippen LogP contribution in [0.4, 0.5) is 0 Å². The second-order valence-electron chi connectivity index (χ2n) is 6.18. The molecule has 1 amide bonds. The fraction of sp³-hybridized carbons (Fsp3) is 0.556. The van der Waals surface area contributed by atoms with Gasteiger partial charge in [0.15, 0.2) is 0 Å². The first kappa shape index (κ1) is 16.8. The van der Waals surface area contributed by atoms with Gasteiger partial charge in [-0.2, -0.15) is 0 Å². The largest absolute Gasteiger partial charge is 0.493 e. The summed E-state index contributed by atoms with van der Waals surface area (Å²) in [6, 6.07) is 8.56. The first-order valence-electron chi connectivity index (χ1n) is 8.49. The van der Waals surface area contributed by atoms with Crippen LogP contribution >= 0.6 is 0 Å². The van der Waals surface area contributed by atoms with E-state index in [0.717, 1.165) is 31.9 Å². The number of carbonyl (C=O) groups is 2. The number of carbonyl (C=O) groups excluding carboxylic acids is 2. The average molecular weight is 332 g/mol. The molecule has 0 radical (unpaired) electrons. The zero-order valence-electron chi connectivity index (χ0n) is 14.1. The van der Waals surface area contributed by atoms with Crippen LogP contribution in [0.15, 0.2) is 24.3 Å². The van der Waals surface area contributed by atoms with Crippen molar-refractivity contribution in [3.63, 3.8) is 0 Å². The van der Waals surface area contributed by atoms with Crippen LogP contribution < -0.4 is 4.74 Å². The van der Waals surface area contributed by atoms with E-state index in [2.05, 4.69) is 15.7 Å². The van der Waals surface area contributed by atoms with E-state index < -0.39 is 0 Å². The topological polar surface area (TPSA) is 59.1 Å². The third-order valence-electron chi connectivity index (χ3n) is 4.81. The van der Waals surface area contributed by atoms with Crippen LogP contribution in [-0.4, -0.2) is 61.6 Å². The normalized spacial score (nSPS) is 20.9. The maximum Gasteiger partial charge on any atom is 0.306 e. The van der Waals surface area contributed by atoms with E-state index >= 15 is 0 Å². The van der Waals surface area contributed by atoms with Crippen molar-refractivity contribution in [3.8, 4) is 5.75 Å². The molecule has 2 aliphatic heterocycles. The highest BCUT2D eigenvalue weighted by atomic mass is 16.5. The van der Waals surface area contributed by atoms with Crippen LogP contribution in [0.5, 0.6) is 5.75 Å².